The van der Waals surface area contributed by atoms with E-state index in [0.29, 0.717) is 17.4 Å². The molecule has 11 nitrogen and oxygen atoms in total. The Bertz CT molecular complexity index is 801. The van der Waals surface area contributed by atoms with Gasteiger partial charge in [0.05, 0.1) is 6.61 Å². The molecule has 0 amide bonds. The molecule has 0 radical (unpaired) electrons. The van der Waals surface area contributed by atoms with Gasteiger partial charge in [0.15, 0.2) is 12.4 Å². The van der Waals surface area contributed by atoms with Crippen molar-refractivity contribution in [2.24, 2.45) is 0 Å². The van der Waals surface area contributed by atoms with Gasteiger partial charge in [0.25, 0.3) is 11.5 Å². The molecule has 0 bridgehead atoms. The van der Waals surface area contributed by atoms with Gasteiger partial charge < -0.3 is 30.4 Å². The first kappa shape index (κ1) is 22.6. The fraction of sp³-hybridized carbons (Fsp3) is 0.750. The maximum Gasteiger partial charge on any atom is 0.332 e. The third-order valence-corrected chi connectivity index (χ3v) is 4.88. The van der Waals surface area contributed by atoms with Crippen molar-refractivity contribution in [2.75, 3.05) is 6.61 Å². The highest BCUT2D eigenvalue weighted by atomic mass is 19.1. The number of rotatable bonds is 8. The van der Waals surface area contributed by atoms with Gasteiger partial charge in [0, 0.05) is 11.8 Å². The van der Waals surface area contributed by atoms with Crippen molar-refractivity contribution in [1.29, 1.82) is 0 Å². The van der Waals surface area contributed by atoms with Crippen LogP contribution in [0.1, 0.15) is 38.7 Å². The van der Waals surface area contributed by atoms with E-state index in [4.69, 9.17) is 4.74 Å². The molecule has 2 rings (SSSR count). The summed E-state index contributed by atoms with van der Waals surface area (Å²) in [6, 6.07) is 0. The van der Waals surface area contributed by atoms with Gasteiger partial charge in [-0.2, -0.15) is 0 Å². The number of aliphatic hydroxyl groups excluding tert-OH is 2. The summed E-state index contributed by atoms with van der Waals surface area (Å²) >= 11 is 0. The van der Waals surface area contributed by atoms with Crippen LogP contribution >= 0.6 is 0 Å². The Morgan fingerprint density at radius 1 is 1.39 bits per heavy atom. The first-order valence-corrected chi connectivity index (χ1v) is 8.96. The lowest BCUT2D eigenvalue weighted by Crippen LogP contribution is -2.65. The monoisotopic (exact) mass is 407 g/mol. The number of aromatic nitrogens is 2. The number of aliphatic hydroxyl groups is 4. The highest BCUT2D eigenvalue weighted by molar-refractivity contribution is 5.09. The van der Waals surface area contributed by atoms with Crippen LogP contribution in [0, 0.1) is 0 Å². The molecule has 0 saturated carbocycles. The number of unbranched alkanes of at least 4 members (excludes halogenated alkanes) is 1. The zero-order valence-electron chi connectivity index (χ0n) is 15.6. The minimum Gasteiger partial charge on any atom is -0.393 e. The van der Waals surface area contributed by atoms with Gasteiger partial charge in [0.2, 0.25) is 5.72 Å². The second-order valence-corrected chi connectivity index (χ2v) is 6.69. The normalized spacial score (nSPS) is 31.5. The average Bonchev–Trinajstić information content (AvgIpc) is 2.87. The van der Waals surface area contributed by atoms with Crippen LogP contribution in [0.2, 0.25) is 0 Å². The van der Waals surface area contributed by atoms with E-state index in [-0.39, 0.29) is 23.5 Å². The fourth-order valence-corrected chi connectivity index (χ4v) is 3.17. The maximum absolute atomic E-state index is 14.3. The molecule has 1 aliphatic heterocycles. The number of aromatic amines is 1. The molecule has 1 saturated heterocycles. The molecule has 12 heteroatoms. The summed E-state index contributed by atoms with van der Waals surface area (Å²) in [7, 11) is 0. The lowest BCUT2D eigenvalue weighted by Gasteiger charge is -2.38. The van der Waals surface area contributed by atoms with Crippen LogP contribution in [0.15, 0.2) is 15.8 Å². The number of ether oxygens (including phenoxy) is 1. The molecule has 0 aliphatic carbocycles. The van der Waals surface area contributed by atoms with Gasteiger partial charge in [-0.15, -0.1) is 5.06 Å². The van der Waals surface area contributed by atoms with E-state index in [1.165, 1.54) is 0 Å². The smallest absolute Gasteiger partial charge is 0.332 e. The van der Waals surface area contributed by atoms with Crippen molar-refractivity contribution >= 4 is 0 Å². The number of hydrogen-bond acceptors (Lipinski definition) is 9. The van der Waals surface area contributed by atoms with Crippen molar-refractivity contribution in [3.05, 3.63) is 32.6 Å². The Morgan fingerprint density at radius 3 is 2.57 bits per heavy atom. The third kappa shape index (κ3) is 3.52. The second kappa shape index (κ2) is 8.37. The Hall–Kier alpha value is -1.67. The number of alkyl halides is 1. The molecular weight excluding hydrogens is 381 g/mol. The minimum atomic E-state index is -3.00. The number of nitrogens with zero attached hydrogens (tertiary/aromatic N) is 2. The topological polar surface area (TPSA) is 168 Å². The molecular formula is C16H26FN3O8. The molecule has 0 aromatic carbocycles. The summed E-state index contributed by atoms with van der Waals surface area (Å²) in [5, 5.41) is 51.6. The summed E-state index contributed by atoms with van der Waals surface area (Å²) in [4.78, 5) is 25.8. The van der Waals surface area contributed by atoms with Crippen LogP contribution in [0.25, 0.3) is 0 Å². The van der Waals surface area contributed by atoms with Gasteiger partial charge in [0.1, 0.15) is 6.10 Å². The number of aryl methyl sites for hydroxylation is 1. The quantitative estimate of drug-likeness (QED) is 0.167. The minimum absolute atomic E-state index is 0.0481. The lowest BCUT2D eigenvalue weighted by molar-refractivity contribution is -0.344. The molecule has 2 heterocycles. The number of hydroxylamine groups is 2. The summed E-state index contributed by atoms with van der Waals surface area (Å²) in [6.07, 6.45) is -4.74. The summed E-state index contributed by atoms with van der Waals surface area (Å²) < 4.78 is 19.8. The van der Waals surface area contributed by atoms with Gasteiger partial charge in [-0.3, -0.25) is 9.78 Å². The predicted octanol–water partition coefficient (Wildman–Crippen LogP) is -1.68. The second-order valence-electron chi connectivity index (χ2n) is 6.69. The van der Waals surface area contributed by atoms with Crippen LogP contribution in [0.3, 0.4) is 0 Å². The van der Waals surface area contributed by atoms with Crippen molar-refractivity contribution < 1.29 is 34.8 Å². The molecule has 28 heavy (non-hydrogen) atoms. The van der Waals surface area contributed by atoms with Crippen molar-refractivity contribution in [3.63, 3.8) is 0 Å². The van der Waals surface area contributed by atoms with E-state index < -0.39 is 48.0 Å². The summed E-state index contributed by atoms with van der Waals surface area (Å²) in [5.41, 5.74) is -4.84. The van der Waals surface area contributed by atoms with Crippen molar-refractivity contribution in [1.82, 2.24) is 14.6 Å². The first-order chi connectivity index (χ1) is 13.1. The molecule has 1 aromatic heterocycles. The molecule has 5 atom stereocenters. The van der Waals surface area contributed by atoms with E-state index in [1.54, 1.807) is 13.8 Å². The largest absolute Gasteiger partial charge is 0.393 e. The Labute approximate surface area is 159 Å². The average molecular weight is 407 g/mol. The molecule has 1 fully saturated rings. The van der Waals surface area contributed by atoms with Crippen LogP contribution in [0.4, 0.5) is 4.39 Å². The van der Waals surface area contributed by atoms with Crippen LogP contribution in [0.5, 0.6) is 0 Å². The van der Waals surface area contributed by atoms with E-state index in [1.807, 2.05) is 4.98 Å². The molecule has 0 spiro atoms. The Morgan fingerprint density at radius 2 is 2.04 bits per heavy atom. The molecule has 1 unspecified atom stereocenters. The summed E-state index contributed by atoms with van der Waals surface area (Å²) in [5.74, 6) is -3.00. The Balaban J connectivity index is 2.52. The Kier molecular flexibility index (Phi) is 6.76. The highest BCUT2D eigenvalue weighted by Crippen LogP contribution is 2.42. The van der Waals surface area contributed by atoms with E-state index >= 15 is 0 Å². The van der Waals surface area contributed by atoms with E-state index in [9.17, 15) is 39.6 Å². The zero-order chi connectivity index (χ0) is 21.3. The highest BCUT2D eigenvalue weighted by Gasteiger charge is 2.68. The van der Waals surface area contributed by atoms with Gasteiger partial charge in [-0.25, -0.2) is 13.8 Å². The number of H-pyrrole nitrogens is 1. The molecule has 6 N–H and O–H groups in total. The van der Waals surface area contributed by atoms with Gasteiger partial charge in [-0.05, 0) is 19.3 Å². The lowest BCUT2D eigenvalue weighted by atomic mass is 9.99. The number of nitrogens with one attached hydrogen (secondary N) is 1. The third-order valence-electron chi connectivity index (χ3n) is 4.88. The van der Waals surface area contributed by atoms with Gasteiger partial charge >= 0.3 is 5.69 Å². The predicted molar refractivity (Wildman–Crippen MR) is 91.9 cm³/mol. The number of halogens is 1. The van der Waals surface area contributed by atoms with Gasteiger partial charge in [-0.1, -0.05) is 20.3 Å². The maximum atomic E-state index is 14.3. The van der Waals surface area contributed by atoms with Crippen LogP contribution < -0.4 is 11.2 Å². The number of hydrogen-bond donors (Lipinski definition) is 6. The first-order valence-electron chi connectivity index (χ1n) is 8.96. The van der Waals surface area contributed by atoms with E-state index in [0.717, 1.165) is 6.20 Å². The van der Waals surface area contributed by atoms with E-state index in [2.05, 4.69) is 0 Å². The molecule has 160 valence electrons. The summed E-state index contributed by atoms with van der Waals surface area (Å²) in [6.45, 7) is 2.34. The fourth-order valence-electron chi connectivity index (χ4n) is 3.17. The van der Waals surface area contributed by atoms with Crippen molar-refractivity contribution in [3.8, 4) is 0 Å². The van der Waals surface area contributed by atoms with Crippen LogP contribution in [-0.2, 0) is 17.1 Å². The zero-order valence-corrected chi connectivity index (χ0v) is 15.6. The van der Waals surface area contributed by atoms with Crippen LogP contribution in [-0.4, -0.2) is 71.1 Å². The standard InChI is InChI=1S/C16H26FN3O8/c1-3-5-6-11(17)20(27)15(25)10(8-21)28-16(26,13(15)23)19-7-9(4-2)12(22)18-14(19)24/h7,10-11,13,21,23,25-27H,3-6,8H2,1-2H3,(H,18,22,24)/t10-,11?,13+,15-,16+/m1/s1. The molecule has 1 aliphatic rings. The SMILES string of the molecule is CCCCC(F)N(O)[C@@]1(O)[C@@H](CO)O[C@](O)(n2cc(CC)c(=O)[nH]c2=O)[C@H]1O. The van der Waals surface area contributed by atoms with Crippen molar-refractivity contribution in [2.45, 2.75) is 69.7 Å². The molecule has 1 aromatic rings.